The molecule has 4 nitrogen and oxygen atoms in total. The second kappa shape index (κ2) is 6.14. The zero-order chi connectivity index (χ0) is 12.9. The summed E-state index contributed by atoms with van der Waals surface area (Å²) in [7, 11) is -3.89. The smallest absolute Gasteiger partial charge is 0.266 e. The highest BCUT2D eigenvalue weighted by atomic mass is 32.2. The molecule has 0 aliphatic rings. The molecular weight excluding hydrogens is 238 g/mol. The molecule has 1 aromatic rings. The molecule has 96 valence electrons. The molecule has 0 radical (unpaired) electrons. The van der Waals surface area contributed by atoms with Gasteiger partial charge in [0.25, 0.3) is 10.1 Å². The lowest BCUT2D eigenvalue weighted by Crippen LogP contribution is -2.34. The van der Waals surface area contributed by atoms with Crippen molar-refractivity contribution in [2.75, 3.05) is 12.3 Å². The van der Waals surface area contributed by atoms with Crippen molar-refractivity contribution in [1.82, 2.24) is 4.90 Å². The van der Waals surface area contributed by atoms with Crippen LogP contribution < -0.4 is 0 Å². The molecule has 0 fully saturated rings. The predicted molar refractivity (Wildman–Crippen MR) is 68.4 cm³/mol. The van der Waals surface area contributed by atoms with E-state index in [0.717, 1.165) is 5.56 Å². The van der Waals surface area contributed by atoms with E-state index >= 15 is 0 Å². The number of rotatable bonds is 6. The minimum atomic E-state index is -3.89. The highest BCUT2D eigenvalue weighted by Gasteiger charge is 2.13. The summed E-state index contributed by atoms with van der Waals surface area (Å²) in [6.45, 7) is 5.04. The lowest BCUT2D eigenvalue weighted by Gasteiger charge is -2.25. The van der Waals surface area contributed by atoms with E-state index in [2.05, 4.69) is 0 Å². The number of benzene rings is 1. The zero-order valence-electron chi connectivity index (χ0n) is 10.2. The van der Waals surface area contributed by atoms with E-state index in [9.17, 15) is 8.42 Å². The van der Waals surface area contributed by atoms with Crippen LogP contribution in [0.5, 0.6) is 0 Å². The molecule has 0 saturated carbocycles. The first-order chi connectivity index (χ1) is 7.88. The lowest BCUT2D eigenvalue weighted by atomic mass is 10.2. The van der Waals surface area contributed by atoms with Gasteiger partial charge in [-0.3, -0.25) is 9.45 Å². The number of nitrogens with zero attached hydrogens (tertiary/aromatic N) is 1. The first-order valence-electron chi connectivity index (χ1n) is 5.61. The van der Waals surface area contributed by atoms with E-state index in [-0.39, 0.29) is 11.8 Å². The normalized spacial score (nSPS) is 12.3. The maximum atomic E-state index is 10.7. The third-order valence-corrected chi connectivity index (χ3v) is 3.29. The Balaban J connectivity index is 2.61. The van der Waals surface area contributed by atoms with Gasteiger partial charge in [-0.25, -0.2) is 0 Å². The Morgan fingerprint density at radius 3 is 2.29 bits per heavy atom. The Hall–Kier alpha value is -0.910. The molecule has 1 N–H and O–H groups in total. The fourth-order valence-corrected chi connectivity index (χ4v) is 2.04. The van der Waals surface area contributed by atoms with Gasteiger partial charge in [0, 0.05) is 19.1 Å². The molecule has 0 atom stereocenters. The van der Waals surface area contributed by atoms with Crippen LogP contribution in [0.1, 0.15) is 19.4 Å². The van der Waals surface area contributed by atoms with Crippen molar-refractivity contribution < 1.29 is 13.0 Å². The average Bonchev–Trinajstić information content (AvgIpc) is 2.24. The maximum absolute atomic E-state index is 10.7. The van der Waals surface area contributed by atoms with Crippen LogP contribution in [0, 0.1) is 0 Å². The van der Waals surface area contributed by atoms with Gasteiger partial charge in [0.2, 0.25) is 0 Å². The molecule has 0 aliphatic carbocycles. The van der Waals surface area contributed by atoms with Crippen LogP contribution in [0.3, 0.4) is 0 Å². The van der Waals surface area contributed by atoms with Gasteiger partial charge in [0.1, 0.15) is 0 Å². The van der Waals surface area contributed by atoms with Crippen LogP contribution in [0.2, 0.25) is 0 Å². The van der Waals surface area contributed by atoms with Gasteiger partial charge in [0.05, 0.1) is 5.75 Å². The second-order valence-electron chi connectivity index (χ2n) is 4.34. The van der Waals surface area contributed by atoms with Gasteiger partial charge in [-0.15, -0.1) is 0 Å². The summed E-state index contributed by atoms with van der Waals surface area (Å²) < 4.78 is 30.2. The standard InChI is InChI=1S/C12H19NO3S/c1-11(2)13(8-9-17(14,15)16)10-12-6-4-3-5-7-12/h3-7,11H,8-10H2,1-2H3,(H,14,15,16). The van der Waals surface area contributed by atoms with E-state index in [1.54, 1.807) is 0 Å². The number of hydrogen-bond donors (Lipinski definition) is 1. The van der Waals surface area contributed by atoms with Crippen molar-refractivity contribution in [1.29, 1.82) is 0 Å². The molecule has 1 aromatic carbocycles. The first kappa shape index (κ1) is 14.2. The molecule has 0 unspecified atom stereocenters. The van der Waals surface area contributed by atoms with E-state index in [1.165, 1.54) is 0 Å². The molecule has 0 spiro atoms. The predicted octanol–water partition coefficient (Wildman–Crippen LogP) is 1.78. The topological polar surface area (TPSA) is 57.6 Å². The van der Waals surface area contributed by atoms with Gasteiger partial charge in [-0.1, -0.05) is 30.3 Å². The first-order valence-corrected chi connectivity index (χ1v) is 7.22. The average molecular weight is 257 g/mol. The quantitative estimate of drug-likeness (QED) is 0.789. The maximum Gasteiger partial charge on any atom is 0.266 e. The summed E-state index contributed by atoms with van der Waals surface area (Å²) in [6, 6.07) is 10.1. The Morgan fingerprint density at radius 1 is 1.24 bits per heavy atom. The zero-order valence-corrected chi connectivity index (χ0v) is 11.0. The molecule has 17 heavy (non-hydrogen) atoms. The highest BCUT2D eigenvalue weighted by Crippen LogP contribution is 2.08. The molecule has 0 aliphatic heterocycles. The monoisotopic (exact) mass is 257 g/mol. The Labute approximate surface area is 103 Å². The Kier molecular flexibility index (Phi) is 5.11. The number of hydrogen-bond acceptors (Lipinski definition) is 3. The Morgan fingerprint density at radius 2 is 1.82 bits per heavy atom. The van der Waals surface area contributed by atoms with Crippen molar-refractivity contribution in [3.63, 3.8) is 0 Å². The van der Waals surface area contributed by atoms with Crippen molar-refractivity contribution in [2.45, 2.75) is 26.4 Å². The molecule has 0 heterocycles. The summed E-state index contributed by atoms with van der Waals surface area (Å²) in [5, 5.41) is 0. The van der Waals surface area contributed by atoms with Crippen LogP contribution >= 0.6 is 0 Å². The second-order valence-corrected chi connectivity index (χ2v) is 5.91. The van der Waals surface area contributed by atoms with Gasteiger partial charge >= 0.3 is 0 Å². The minimum Gasteiger partial charge on any atom is -0.296 e. The van der Waals surface area contributed by atoms with Crippen LogP contribution in [-0.4, -0.2) is 36.2 Å². The van der Waals surface area contributed by atoms with Crippen LogP contribution in [0.25, 0.3) is 0 Å². The van der Waals surface area contributed by atoms with Crippen molar-refractivity contribution in [3.05, 3.63) is 35.9 Å². The van der Waals surface area contributed by atoms with E-state index in [0.29, 0.717) is 13.1 Å². The molecule has 0 bridgehead atoms. The molecule has 0 aromatic heterocycles. The van der Waals surface area contributed by atoms with Gasteiger partial charge in [-0.05, 0) is 19.4 Å². The van der Waals surface area contributed by atoms with E-state index in [4.69, 9.17) is 4.55 Å². The third kappa shape index (κ3) is 5.81. The molecular formula is C12H19NO3S. The summed E-state index contributed by atoms with van der Waals surface area (Å²) >= 11 is 0. The van der Waals surface area contributed by atoms with Crippen LogP contribution in [0.4, 0.5) is 0 Å². The van der Waals surface area contributed by atoms with Gasteiger partial charge in [-0.2, -0.15) is 8.42 Å². The fourth-order valence-electron chi connectivity index (χ4n) is 1.57. The van der Waals surface area contributed by atoms with Crippen molar-refractivity contribution in [3.8, 4) is 0 Å². The van der Waals surface area contributed by atoms with Crippen LogP contribution in [0.15, 0.2) is 30.3 Å². The summed E-state index contributed by atoms with van der Waals surface area (Å²) in [6.07, 6.45) is 0. The summed E-state index contributed by atoms with van der Waals surface area (Å²) in [4.78, 5) is 2.02. The van der Waals surface area contributed by atoms with Crippen molar-refractivity contribution >= 4 is 10.1 Å². The van der Waals surface area contributed by atoms with Gasteiger partial charge in [0.15, 0.2) is 0 Å². The molecule has 1 rings (SSSR count). The van der Waals surface area contributed by atoms with E-state index in [1.807, 2.05) is 49.1 Å². The molecule has 0 saturated heterocycles. The van der Waals surface area contributed by atoms with Crippen LogP contribution in [-0.2, 0) is 16.7 Å². The molecule has 5 heteroatoms. The third-order valence-electron chi connectivity index (χ3n) is 2.60. The summed E-state index contributed by atoms with van der Waals surface area (Å²) in [5.41, 5.74) is 1.14. The fraction of sp³-hybridized carbons (Fsp3) is 0.500. The molecule has 0 amide bonds. The minimum absolute atomic E-state index is 0.224. The van der Waals surface area contributed by atoms with Crippen molar-refractivity contribution in [2.24, 2.45) is 0 Å². The highest BCUT2D eigenvalue weighted by molar-refractivity contribution is 7.85. The van der Waals surface area contributed by atoms with E-state index < -0.39 is 10.1 Å². The Bertz CT molecular complexity index is 428. The summed E-state index contributed by atoms with van der Waals surface area (Å²) in [5.74, 6) is -0.224. The lowest BCUT2D eigenvalue weighted by molar-refractivity contribution is 0.224. The largest absolute Gasteiger partial charge is 0.296 e. The van der Waals surface area contributed by atoms with Gasteiger partial charge < -0.3 is 0 Å². The SMILES string of the molecule is CC(C)N(CCS(=O)(=O)O)Cc1ccccc1.